The van der Waals surface area contributed by atoms with Crippen LogP contribution < -0.4 is 15.4 Å². The van der Waals surface area contributed by atoms with Crippen LogP contribution in [0.2, 0.25) is 0 Å². The van der Waals surface area contributed by atoms with E-state index in [0.29, 0.717) is 22.0 Å². The molecule has 4 aromatic rings. The Labute approximate surface area is 208 Å². The van der Waals surface area contributed by atoms with E-state index in [1.165, 1.54) is 38.4 Å². The van der Waals surface area contributed by atoms with Gasteiger partial charge in [0.1, 0.15) is 5.56 Å². The van der Waals surface area contributed by atoms with Crippen LogP contribution in [0.5, 0.6) is 5.88 Å². The van der Waals surface area contributed by atoms with Crippen LogP contribution in [0.25, 0.3) is 22.0 Å². The molecule has 3 N–H and O–H groups in total. The van der Waals surface area contributed by atoms with Gasteiger partial charge in [-0.1, -0.05) is 18.2 Å². The lowest BCUT2D eigenvalue weighted by molar-refractivity contribution is -0.137. The first kappa shape index (κ1) is 20.9. The number of fused-ring (bicyclic) bond motifs is 1. The van der Waals surface area contributed by atoms with Crippen LogP contribution in [-0.2, 0) is 6.18 Å². The maximum Gasteiger partial charge on any atom is 0.416 e. The fourth-order valence-electron chi connectivity index (χ4n) is 3.69. The Morgan fingerprint density at radius 3 is 2.64 bits per heavy atom. The first-order valence-electron chi connectivity index (χ1n) is 12.1. The van der Waals surface area contributed by atoms with Crippen LogP contribution in [0.3, 0.4) is 0 Å². The van der Waals surface area contributed by atoms with Crippen molar-refractivity contribution in [3.63, 3.8) is 0 Å². The Bertz CT molecular complexity index is 1550. The maximum atomic E-state index is 13.2. The number of pyridine rings is 1. The number of carbonyl (C=O) groups is 2. The Hall–Kier alpha value is -4.41. The third kappa shape index (κ3) is 4.85. The minimum atomic E-state index is -4.56. The summed E-state index contributed by atoms with van der Waals surface area (Å²) < 4.78 is 66.6. The standard InChI is InChI=1S/C25H22F3N5O3/c1-13(14-5-4-6-17(9-14)25(26,27)28)31-22(34)19-10-16(12-30-24(19)36-3)15-7-8-18-20(11-15)32-33-21(18)23(35)29-2/h4-13H,1-3H3,(H,29,35)(H,31,34)(H,32,33)/t13-/m0/s1/i3D3. The van der Waals surface area contributed by atoms with E-state index in [-0.39, 0.29) is 22.7 Å². The molecule has 2 amide bonds. The lowest BCUT2D eigenvalue weighted by Gasteiger charge is -2.17. The van der Waals surface area contributed by atoms with Gasteiger partial charge in [-0.25, -0.2) is 4.98 Å². The smallest absolute Gasteiger partial charge is 0.416 e. The average Bonchev–Trinajstić information content (AvgIpc) is 3.30. The minimum Gasteiger partial charge on any atom is -0.480 e. The van der Waals surface area contributed by atoms with Crippen LogP contribution in [0.4, 0.5) is 13.2 Å². The Morgan fingerprint density at radius 2 is 1.92 bits per heavy atom. The van der Waals surface area contributed by atoms with Crippen molar-refractivity contribution >= 4 is 22.7 Å². The van der Waals surface area contributed by atoms with Crippen molar-refractivity contribution in [3.8, 4) is 17.0 Å². The van der Waals surface area contributed by atoms with Gasteiger partial charge in [0, 0.05) is 24.2 Å². The number of aromatic amines is 1. The third-order valence-electron chi connectivity index (χ3n) is 5.59. The zero-order valence-electron chi connectivity index (χ0n) is 22.0. The van der Waals surface area contributed by atoms with E-state index in [4.69, 9.17) is 8.85 Å². The molecule has 0 aliphatic carbocycles. The second-order valence-electron chi connectivity index (χ2n) is 7.91. The van der Waals surface area contributed by atoms with Gasteiger partial charge in [-0.15, -0.1) is 0 Å². The van der Waals surface area contributed by atoms with E-state index in [9.17, 15) is 22.8 Å². The number of nitrogens with zero attached hydrogens (tertiary/aromatic N) is 2. The second-order valence-corrected chi connectivity index (χ2v) is 7.91. The zero-order valence-corrected chi connectivity index (χ0v) is 19.0. The number of carbonyl (C=O) groups excluding carboxylic acids is 2. The molecule has 0 saturated carbocycles. The highest BCUT2D eigenvalue weighted by molar-refractivity contribution is 6.05. The lowest BCUT2D eigenvalue weighted by atomic mass is 10.0. The molecule has 2 aromatic heterocycles. The number of hydrogen-bond acceptors (Lipinski definition) is 5. The van der Waals surface area contributed by atoms with E-state index in [2.05, 4.69) is 25.8 Å². The summed E-state index contributed by atoms with van der Waals surface area (Å²) in [6.07, 6.45) is -3.25. The summed E-state index contributed by atoms with van der Waals surface area (Å²) >= 11 is 0. The summed E-state index contributed by atoms with van der Waals surface area (Å²) in [7, 11) is -1.44. The maximum absolute atomic E-state index is 13.2. The molecular weight excluding hydrogens is 475 g/mol. The summed E-state index contributed by atoms with van der Waals surface area (Å²) in [5.74, 6) is -1.66. The zero-order chi connectivity index (χ0) is 28.5. The largest absolute Gasteiger partial charge is 0.480 e. The van der Waals surface area contributed by atoms with Gasteiger partial charge < -0.3 is 15.4 Å². The summed E-state index contributed by atoms with van der Waals surface area (Å²) in [5, 5.41) is 12.4. The summed E-state index contributed by atoms with van der Waals surface area (Å²) in [4.78, 5) is 29.3. The van der Waals surface area contributed by atoms with Crippen molar-refractivity contribution in [2.24, 2.45) is 0 Å². The fraction of sp³-hybridized carbons (Fsp3) is 0.200. The van der Waals surface area contributed by atoms with E-state index < -0.39 is 36.6 Å². The number of ether oxygens (including phenoxy) is 1. The highest BCUT2D eigenvalue weighted by Crippen LogP contribution is 2.31. The molecule has 186 valence electrons. The average molecular weight is 500 g/mol. The molecule has 2 heterocycles. The number of hydrogen-bond donors (Lipinski definition) is 3. The monoisotopic (exact) mass is 500 g/mol. The number of methoxy groups -OCH3 is 1. The van der Waals surface area contributed by atoms with E-state index >= 15 is 0 Å². The highest BCUT2D eigenvalue weighted by atomic mass is 19.4. The summed E-state index contributed by atoms with van der Waals surface area (Å²) in [6.45, 7) is 1.49. The van der Waals surface area contributed by atoms with Crippen molar-refractivity contribution in [3.05, 3.63) is 77.1 Å². The van der Waals surface area contributed by atoms with Crippen LogP contribution >= 0.6 is 0 Å². The normalized spacial score (nSPS) is 13.9. The molecule has 0 unspecified atom stereocenters. The quantitative estimate of drug-likeness (QED) is 0.361. The van der Waals surface area contributed by atoms with Crippen molar-refractivity contribution < 1.29 is 31.6 Å². The van der Waals surface area contributed by atoms with Gasteiger partial charge in [0.25, 0.3) is 11.8 Å². The van der Waals surface area contributed by atoms with Gasteiger partial charge in [0.05, 0.1) is 28.3 Å². The van der Waals surface area contributed by atoms with Crippen LogP contribution in [-0.4, -0.2) is 41.1 Å². The Balaban J connectivity index is 1.69. The number of alkyl halides is 3. The van der Waals surface area contributed by atoms with Gasteiger partial charge in [-0.2, -0.15) is 18.3 Å². The van der Waals surface area contributed by atoms with Crippen molar-refractivity contribution in [2.45, 2.75) is 19.1 Å². The summed E-state index contributed by atoms with van der Waals surface area (Å²) in [6, 6.07) is 9.98. The van der Waals surface area contributed by atoms with Gasteiger partial charge in [0.2, 0.25) is 5.88 Å². The van der Waals surface area contributed by atoms with Crippen LogP contribution in [0, 0.1) is 0 Å². The predicted molar refractivity (Wildman–Crippen MR) is 127 cm³/mol. The summed E-state index contributed by atoms with van der Waals surface area (Å²) in [5.41, 5.74) is 0.769. The number of amides is 2. The first-order valence-corrected chi connectivity index (χ1v) is 10.6. The highest BCUT2D eigenvalue weighted by Gasteiger charge is 2.31. The van der Waals surface area contributed by atoms with E-state index in [0.717, 1.165) is 12.1 Å². The van der Waals surface area contributed by atoms with Crippen molar-refractivity contribution in [2.75, 3.05) is 14.1 Å². The number of rotatable bonds is 6. The molecule has 1 atom stereocenters. The SMILES string of the molecule is [2H]C([2H])([2H])Oc1ncc(-c2ccc3c(C(=O)NC)n[nH]c3c2)cc1C(=O)N[C@@H](C)c1cccc(C(F)(F)F)c1. The van der Waals surface area contributed by atoms with Crippen molar-refractivity contribution in [1.29, 1.82) is 0 Å². The van der Waals surface area contributed by atoms with Gasteiger partial charge in [-0.3, -0.25) is 14.7 Å². The molecule has 36 heavy (non-hydrogen) atoms. The molecule has 0 fully saturated rings. The molecule has 11 heteroatoms. The predicted octanol–water partition coefficient (Wildman–Crippen LogP) is 4.50. The Kier molecular flexibility index (Phi) is 5.63. The molecule has 0 spiro atoms. The minimum absolute atomic E-state index is 0.192. The molecule has 0 aliphatic heterocycles. The first-order chi connectivity index (χ1) is 18.3. The van der Waals surface area contributed by atoms with Gasteiger partial charge in [-0.05, 0) is 48.4 Å². The topological polar surface area (TPSA) is 109 Å². The third-order valence-corrected chi connectivity index (χ3v) is 5.59. The molecule has 0 bridgehead atoms. The Morgan fingerprint density at radius 1 is 1.11 bits per heavy atom. The number of H-pyrrole nitrogens is 1. The lowest BCUT2D eigenvalue weighted by Crippen LogP contribution is -2.27. The number of aromatic nitrogens is 3. The molecule has 2 aromatic carbocycles. The molecule has 8 nitrogen and oxygen atoms in total. The second kappa shape index (κ2) is 9.68. The van der Waals surface area contributed by atoms with Crippen LogP contribution in [0.1, 0.15) is 49.1 Å². The number of nitrogens with one attached hydrogen (secondary N) is 3. The van der Waals surface area contributed by atoms with E-state index in [1.54, 1.807) is 18.2 Å². The molecule has 0 radical (unpaired) electrons. The van der Waals surface area contributed by atoms with E-state index in [1.807, 2.05) is 0 Å². The fourth-order valence-corrected chi connectivity index (χ4v) is 3.69. The van der Waals surface area contributed by atoms with Gasteiger partial charge >= 0.3 is 6.18 Å². The van der Waals surface area contributed by atoms with Crippen molar-refractivity contribution in [1.82, 2.24) is 25.8 Å². The number of benzene rings is 2. The molecular formula is C25H22F3N5O3. The molecule has 4 rings (SSSR count). The molecule has 0 saturated heterocycles. The van der Waals surface area contributed by atoms with Gasteiger partial charge in [0.15, 0.2) is 5.69 Å². The number of halogens is 3. The van der Waals surface area contributed by atoms with Crippen LogP contribution in [0.15, 0.2) is 54.7 Å². The molecule has 0 aliphatic rings.